The van der Waals surface area contributed by atoms with Crippen LogP contribution in [-0.2, 0) is 5.54 Å². The van der Waals surface area contributed by atoms with E-state index in [2.05, 4.69) is 15.9 Å². The second-order valence-electron chi connectivity index (χ2n) is 4.68. The van der Waals surface area contributed by atoms with Crippen molar-refractivity contribution in [3.63, 3.8) is 0 Å². The lowest BCUT2D eigenvalue weighted by Gasteiger charge is -2.33. The Morgan fingerprint density at radius 2 is 1.25 bits per heavy atom. The fourth-order valence-corrected chi connectivity index (χ4v) is 2.29. The molecule has 0 saturated carbocycles. The van der Waals surface area contributed by atoms with Gasteiger partial charge in [-0.2, -0.15) is 13.2 Å². The Morgan fingerprint density at radius 1 is 0.850 bits per heavy atom. The van der Waals surface area contributed by atoms with E-state index in [0.29, 0.717) is 4.47 Å². The van der Waals surface area contributed by atoms with Gasteiger partial charge in [-0.15, -0.1) is 0 Å². The summed E-state index contributed by atoms with van der Waals surface area (Å²) >= 11 is 3.21. The van der Waals surface area contributed by atoms with E-state index in [1.165, 1.54) is 24.3 Å². The van der Waals surface area contributed by atoms with Crippen LogP contribution in [0.15, 0.2) is 53.0 Å². The average Bonchev–Trinajstić information content (AvgIpc) is 2.38. The average molecular weight is 344 g/mol. The van der Waals surface area contributed by atoms with E-state index in [1.807, 2.05) is 6.92 Å². The molecule has 1 atom stereocenters. The van der Waals surface area contributed by atoms with Crippen molar-refractivity contribution in [3.8, 4) is 0 Å². The summed E-state index contributed by atoms with van der Waals surface area (Å²) in [5.74, 6) is 0. The molecular weight excluding hydrogens is 331 g/mol. The van der Waals surface area contributed by atoms with Crippen LogP contribution in [0.2, 0.25) is 0 Å². The lowest BCUT2D eigenvalue weighted by molar-refractivity contribution is -0.176. The summed E-state index contributed by atoms with van der Waals surface area (Å²) in [6.07, 6.45) is -4.59. The van der Waals surface area contributed by atoms with Crippen molar-refractivity contribution < 1.29 is 13.2 Å². The first-order valence-corrected chi connectivity index (χ1v) is 6.73. The predicted octanol–water partition coefficient (Wildman–Crippen LogP) is 4.52. The second kappa shape index (κ2) is 5.22. The van der Waals surface area contributed by atoms with E-state index in [9.17, 15) is 13.2 Å². The first kappa shape index (κ1) is 15.1. The topological polar surface area (TPSA) is 26.0 Å². The van der Waals surface area contributed by atoms with Crippen LogP contribution in [0.3, 0.4) is 0 Å². The molecule has 5 heteroatoms. The van der Waals surface area contributed by atoms with Gasteiger partial charge >= 0.3 is 6.18 Å². The van der Waals surface area contributed by atoms with Crippen LogP contribution in [0.1, 0.15) is 16.7 Å². The van der Waals surface area contributed by atoms with Gasteiger partial charge in [-0.25, -0.2) is 0 Å². The van der Waals surface area contributed by atoms with Gasteiger partial charge < -0.3 is 5.73 Å². The molecule has 1 unspecified atom stereocenters. The Morgan fingerprint density at radius 3 is 1.65 bits per heavy atom. The standard InChI is InChI=1S/C15H13BrF3N/c1-10-2-4-11(5-3-10)14(20,15(17,18)19)12-6-8-13(16)9-7-12/h2-9H,20H2,1H3. The third-order valence-electron chi connectivity index (χ3n) is 3.25. The molecule has 20 heavy (non-hydrogen) atoms. The fraction of sp³-hybridized carbons (Fsp3) is 0.200. The Bertz CT molecular complexity index is 543. The number of alkyl halides is 3. The first-order valence-electron chi connectivity index (χ1n) is 5.94. The van der Waals surface area contributed by atoms with Gasteiger partial charge in [0.05, 0.1) is 0 Å². The highest BCUT2D eigenvalue weighted by Gasteiger charge is 2.54. The molecule has 106 valence electrons. The quantitative estimate of drug-likeness (QED) is 0.852. The molecule has 0 bridgehead atoms. The van der Waals surface area contributed by atoms with E-state index < -0.39 is 11.7 Å². The third-order valence-corrected chi connectivity index (χ3v) is 3.78. The summed E-state index contributed by atoms with van der Waals surface area (Å²) in [7, 11) is 0. The van der Waals surface area contributed by atoms with Crippen LogP contribution in [0.25, 0.3) is 0 Å². The number of halogens is 4. The molecular formula is C15H13BrF3N. The van der Waals surface area contributed by atoms with E-state index in [4.69, 9.17) is 5.73 Å². The minimum absolute atomic E-state index is 0.0112. The largest absolute Gasteiger partial charge is 0.414 e. The number of aryl methyl sites for hydroxylation is 1. The summed E-state index contributed by atoms with van der Waals surface area (Å²) in [6, 6.07) is 12.0. The summed E-state index contributed by atoms with van der Waals surface area (Å²) in [5, 5.41) is 0. The van der Waals surface area contributed by atoms with Crippen molar-refractivity contribution in [2.24, 2.45) is 5.73 Å². The Balaban J connectivity index is 2.62. The van der Waals surface area contributed by atoms with Crippen molar-refractivity contribution in [1.82, 2.24) is 0 Å². The SMILES string of the molecule is Cc1ccc(C(N)(c2ccc(Br)cc2)C(F)(F)F)cc1. The predicted molar refractivity (Wildman–Crippen MR) is 76.3 cm³/mol. The van der Waals surface area contributed by atoms with E-state index >= 15 is 0 Å². The van der Waals surface area contributed by atoms with Crippen molar-refractivity contribution >= 4 is 15.9 Å². The van der Waals surface area contributed by atoms with Crippen molar-refractivity contribution in [1.29, 1.82) is 0 Å². The molecule has 1 nitrogen and oxygen atoms in total. The molecule has 2 aromatic rings. The molecule has 0 saturated heterocycles. The molecule has 0 spiro atoms. The van der Waals surface area contributed by atoms with Gasteiger partial charge in [0, 0.05) is 4.47 Å². The maximum absolute atomic E-state index is 13.5. The molecule has 2 rings (SSSR count). The van der Waals surface area contributed by atoms with Crippen molar-refractivity contribution in [2.75, 3.05) is 0 Å². The summed E-state index contributed by atoms with van der Waals surface area (Å²) in [5.41, 5.74) is 4.19. The second-order valence-corrected chi connectivity index (χ2v) is 5.59. The highest BCUT2D eigenvalue weighted by molar-refractivity contribution is 9.10. The Labute approximate surface area is 123 Å². The lowest BCUT2D eigenvalue weighted by atomic mass is 9.83. The number of rotatable bonds is 2. The molecule has 0 radical (unpaired) electrons. The molecule has 0 heterocycles. The number of nitrogens with two attached hydrogens (primary N) is 1. The molecule has 0 aromatic heterocycles. The molecule has 2 aromatic carbocycles. The van der Waals surface area contributed by atoms with Crippen LogP contribution < -0.4 is 5.73 Å². The van der Waals surface area contributed by atoms with Crippen molar-refractivity contribution in [3.05, 3.63) is 69.7 Å². The Hall–Kier alpha value is -1.33. The maximum atomic E-state index is 13.5. The van der Waals surface area contributed by atoms with Gasteiger partial charge in [0.15, 0.2) is 5.54 Å². The van der Waals surface area contributed by atoms with Crippen LogP contribution in [0.4, 0.5) is 13.2 Å². The van der Waals surface area contributed by atoms with Crippen LogP contribution in [0.5, 0.6) is 0 Å². The van der Waals surface area contributed by atoms with Crippen molar-refractivity contribution in [2.45, 2.75) is 18.6 Å². The van der Waals surface area contributed by atoms with Crippen LogP contribution in [-0.4, -0.2) is 6.18 Å². The maximum Gasteiger partial charge on any atom is 0.414 e. The van der Waals surface area contributed by atoms with Gasteiger partial charge in [0.1, 0.15) is 0 Å². The summed E-state index contributed by atoms with van der Waals surface area (Å²) in [6.45, 7) is 1.81. The monoisotopic (exact) mass is 343 g/mol. The minimum atomic E-state index is -4.59. The molecule has 2 N–H and O–H groups in total. The van der Waals surface area contributed by atoms with Gasteiger partial charge in [0.2, 0.25) is 0 Å². The van der Waals surface area contributed by atoms with Gasteiger partial charge in [-0.05, 0) is 30.2 Å². The zero-order chi connectivity index (χ0) is 15.0. The number of hydrogen-bond acceptors (Lipinski definition) is 1. The number of benzene rings is 2. The third kappa shape index (κ3) is 2.60. The summed E-state index contributed by atoms with van der Waals surface area (Å²) < 4.78 is 41.3. The minimum Gasteiger partial charge on any atom is -0.310 e. The first-order chi connectivity index (χ1) is 9.25. The van der Waals surface area contributed by atoms with E-state index in [-0.39, 0.29) is 11.1 Å². The van der Waals surface area contributed by atoms with Crippen LogP contribution in [0, 0.1) is 6.92 Å². The fourth-order valence-electron chi connectivity index (χ4n) is 2.02. The number of hydrogen-bond donors (Lipinski definition) is 1. The van der Waals surface area contributed by atoms with E-state index in [0.717, 1.165) is 5.56 Å². The summed E-state index contributed by atoms with van der Waals surface area (Å²) in [4.78, 5) is 0. The van der Waals surface area contributed by atoms with E-state index in [1.54, 1.807) is 24.3 Å². The normalized spacial score (nSPS) is 14.9. The molecule has 0 amide bonds. The Kier molecular flexibility index (Phi) is 3.93. The smallest absolute Gasteiger partial charge is 0.310 e. The zero-order valence-electron chi connectivity index (χ0n) is 10.7. The molecule has 0 fully saturated rings. The van der Waals surface area contributed by atoms with Gasteiger partial charge in [-0.1, -0.05) is 57.9 Å². The highest BCUT2D eigenvalue weighted by Crippen LogP contribution is 2.42. The van der Waals surface area contributed by atoms with Gasteiger partial charge in [0.25, 0.3) is 0 Å². The zero-order valence-corrected chi connectivity index (χ0v) is 12.3. The lowest BCUT2D eigenvalue weighted by Crippen LogP contribution is -2.51. The van der Waals surface area contributed by atoms with Crippen LogP contribution >= 0.6 is 15.9 Å². The highest BCUT2D eigenvalue weighted by atomic mass is 79.9. The molecule has 0 aliphatic heterocycles. The molecule has 0 aliphatic carbocycles. The van der Waals surface area contributed by atoms with Gasteiger partial charge in [-0.3, -0.25) is 0 Å². The molecule has 0 aliphatic rings.